The highest BCUT2D eigenvalue weighted by Crippen LogP contribution is 2.32. The van der Waals surface area contributed by atoms with Crippen molar-refractivity contribution < 1.29 is 24.0 Å². The Morgan fingerprint density at radius 2 is 1.51 bits per heavy atom. The molecule has 11 nitrogen and oxygen atoms in total. The Bertz CT molecular complexity index is 1180. The first-order chi connectivity index (χ1) is 20.5. The third-order valence-electron chi connectivity index (χ3n) is 8.62. The van der Waals surface area contributed by atoms with Gasteiger partial charge in [0.05, 0.1) is 12.6 Å². The highest BCUT2D eigenvalue weighted by atomic mass is 16.2. The lowest BCUT2D eigenvalue weighted by molar-refractivity contribution is -0.138. The van der Waals surface area contributed by atoms with Crippen LogP contribution in [0.4, 0.5) is 5.69 Å². The van der Waals surface area contributed by atoms with E-state index in [0.717, 1.165) is 38.3 Å². The average Bonchev–Trinajstić information content (AvgIpc) is 3.55. The van der Waals surface area contributed by atoms with Crippen LogP contribution in [0.5, 0.6) is 0 Å². The molecule has 0 aliphatic carbocycles. The van der Waals surface area contributed by atoms with Crippen molar-refractivity contribution in [2.45, 2.75) is 84.5 Å². The van der Waals surface area contributed by atoms with E-state index in [9.17, 15) is 24.0 Å². The van der Waals surface area contributed by atoms with Crippen LogP contribution in [0.1, 0.15) is 70.7 Å². The molecular formula is C32H48N6O5. The summed E-state index contributed by atoms with van der Waals surface area (Å²) in [4.78, 5) is 71.3. The minimum absolute atomic E-state index is 0.0870. The molecule has 4 rings (SSSR count). The van der Waals surface area contributed by atoms with Gasteiger partial charge < -0.3 is 30.7 Å². The summed E-state index contributed by atoms with van der Waals surface area (Å²) in [6, 6.07) is 4.74. The number of benzene rings is 1. The van der Waals surface area contributed by atoms with Crippen molar-refractivity contribution in [3.63, 3.8) is 0 Å². The topological polar surface area (TPSA) is 131 Å². The number of amides is 4. The molecule has 3 aliphatic heterocycles. The normalized spacial score (nSPS) is 21.7. The van der Waals surface area contributed by atoms with Crippen LogP contribution in [0.15, 0.2) is 24.3 Å². The molecule has 0 radical (unpaired) electrons. The van der Waals surface area contributed by atoms with Crippen LogP contribution in [0, 0.1) is 11.8 Å². The van der Waals surface area contributed by atoms with Crippen molar-refractivity contribution in [3.05, 3.63) is 29.8 Å². The minimum Gasteiger partial charge on any atom is -0.369 e. The van der Waals surface area contributed by atoms with Crippen LogP contribution in [-0.2, 0) is 19.2 Å². The fraction of sp³-hybridized carbons (Fsp3) is 0.656. The zero-order valence-corrected chi connectivity index (χ0v) is 26.2. The lowest BCUT2D eigenvalue weighted by Crippen LogP contribution is -2.53. The lowest BCUT2D eigenvalue weighted by Gasteiger charge is -2.30. The number of rotatable bonds is 11. The SMILES string of the molecule is CC(=O)NC(CCC(C)C)C(=O)N1CC(=O)C2C1CCN2C(=O)C(CC(C)C)NC(=O)c1ccc(N2CCNCC2)cc1. The molecule has 3 heterocycles. The van der Waals surface area contributed by atoms with Gasteiger partial charge in [-0.15, -0.1) is 0 Å². The van der Waals surface area contributed by atoms with Crippen LogP contribution < -0.4 is 20.9 Å². The smallest absolute Gasteiger partial charge is 0.251 e. The molecule has 0 bridgehead atoms. The molecule has 236 valence electrons. The van der Waals surface area contributed by atoms with Gasteiger partial charge >= 0.3 is 0 Å². The monoisotopic (exact) mass is 596 g/mol. The Labute approximate surface area is 255 Å². The van der Waals surface area contributed by atoms with Gasteiger partial charge in [-0.2, -0.15) is 0 Å². The van der Waals surface area contributed by atoms with Crippen molar-refractivity contribution in [3.8, 4) is 0 Å². The highest BCUT2D eigenvalue weighted by molar-refractivity contribution is 6.01. The van der Waals surface area contributed by atoms with E-state index in [1.54, 1.807) is 21.9 Å². The summed E-state index contributed by atoms with van der Waals surface area (Å²) in [7, 11) is 0. The molecule has 3 saturated heterocycles. The molecule has 0 saturated carbocycles. The number of ketones is 1. The predicted octanol–water partition coefficient (Wildman–Crippen LogP) is 1.56. The van der Waals surface area contributed by atoms with Crippen molar-refractivity contribution in [1.82, 2.24) is 25.8 Å². The second-order valence-corrected chi connectivity index (χ2v) is 12.9. The van der Waals surface area contributed by atoms with Gasteiger partial charge in [0, 0.05) is 50.9 Å². The molecule has 0 spiro atoms. The van der Waals surface area contributed by atoms with Crippen LogP contribution in [0.25, 0.3) is 0 Å². The number of Topliss-reactive ketones (excluding diaryl/α,β-unsaturated/α-hetero) is 1. The largest absolute Gasteiger partial charge is 0.369 e. The number of hydrogen-bond acceptors (Lipinski definition) is 7. The van der Waals surface area contributed by atoms with E-state index in [1.807, 2.05) is 26.0 Å². The Hall–Kier alpha value is -3.47. The zero-order chi connectivity index (χ0) is 31.3. The van der Waals surface area contributed by atoms with E-state index in [-0.39, 0.29) is 41.9 Å². The van der Waals surface area contributed by atoms with E-state index >= 15 is 0 Å². The van der Waals surface area contributed by atoms with E-state index in [0.29, 0.717) is 37.3 Å². The summed E-state index contributed by atoms with van der Waals surface area (Å²) >= 11 is 0. The molecule has 0 aromatic heterocycles. The van der Waals surface area contributed by atoms with Crippen molar-refractivity contribution in [1.29, 1.82) is 0 Å². The number of carbonyl (C=O) groups is 5. The Morgan fingerprint density at radius 3 is 2.12 bits per heavy atom. The molecule has 1 aromatic rings. The molecule has 43 heavy (non-hydrogen) atoms. The van der Waals surface area contributed by atoms with E-state index < -0.39 is 24.2 Å². The molecule has 4 unspecified atom stereocenters. The molecular weight excluding hydrogens is 548 g/mol. The molecule has 3 fully saturated rings. The second kappa shape index (κ2) is 14.3. The number of fused-ring (bicyclic) bond motifs is 1. The molecule has 1 aromatic carbocycles. The van der Waals surface area contributed by atoms with E-state index in [4.69, 9.17) is 0 Å². The van der Waals surface area contributed by atoms with Crippen LogP contribution in [0.3, 0.4) is 0 Å². The number of anilines is 1. The molecule has 4 amide bonds. The van der Waals surface area contributed by atoms with Gasteiger partial charge in [-0.05, 0) is 61.8 Å². The minimum atomic E-state index is -0.796. The molecule has 3 aliphatic rings. The summed E-state index contributed by atoms with van der Waals surface area (Å²) in [5.41, 5.74) is 1.53. The maximum Gasteiger partial charge on any atom is 0.251 e. The Balaban J connectivity index is 1.45. The summed E-state index contributed by atoms with van der Waals surface area (Å²) in [6.07, 6.45) is 2.14. The van der Waals surface area contributed by atoms with Crippen LogP contribution in [0.2, 0.25) is 0 Å². The average molecular weight is 597 g/mol. The maximum absolute atomic E-state index is 13.9. The fourth-order valence-electron chi connectivity index (χ4n) is 6.44. The number of hydrogen-bond donors (Lipinski definition) is 3. The third-order valence-corrected chi connectivity index (χ3v) is 8.62. The molecule has 4 atom stereocenters. The van der Waals surface area contributed by atoms with Gasteiger partial charge in [-0.25, -0.2) is 0 Å². The Kier molecular flexibility index (Phi) is 10.8. The van der Waals surface area contributed by atoms with Crippen molar-refractivity contribution in [2.24, 2.45) is 11.8 Å². The van der Waals surface area contributed by atoms with Gasteiger partial charge in [-0.1, -0.05) is 27.7 Å². The summed E-state index contributed by atoms with van der Waals surface area (Å²) < 4.78 is 0. The first-order valence-corrected chi connectivity index (χ1v) is 15.7. The van der Waals surface area contributed by atoms with Gasteiger partial charge in [0.1, 0.15) is 18.1 Å². The van der Waals surface area contributed by atoms with Gasteiger partial charge in [-0.3, -0.25) is 24.0 Å². The highest BCUT2D eigenvalue weighted by Gasteiger charge is 2.53. The Morgan fingerprint density at radius 1 is 0.860 bits per heavy atom. The zero-order valence-electron chi connectivity index (χ0n) is 26.2. The lowest BCUT2D eigenvalue weighted by atomic mass is 10.0. The van der Waals surface area contributed by atoms with Gasteiger partial charge in [0.15, 0.2) is 5.78 Å². The quantitative estimate of drug-likeness (QED) is 0.353. The van der Waals surface area contributed by atoms with Crippen LogP contribution in [-0.4, -0.2) is 103 Å². The van der Waals surface area contributed by atoms with Gasteiger partial charge in [0.25, 0.3) is 5.91 Å². The van der Waals surface area contributed by atoms with E-state index in [2.05, 4.69) is 34.7 Å². The second-order valence-electron chi connectivity index (χ2n) is 12.9. The van der Waals surface area contributed by atoms with Gasteiger partial charge in [0.2, 0.25) is 17.7 Å². The number of nitrogens with one attached hydrogen (secondary N) is 3. The third kappa shape index (κ3) is 7.93. The molecule has 3 N–H and O–H groups in total. The summed E-state index contributed by atoms with van der Waals surface area (Å²) in [6.45, 7) is 13.4. The fourth-order valence-corrected chi connectivity index (χ4v) is 6.44. The first-order valence-electron chi connectivity index (χ1n) is 15.7. The number of likely N-dealkylation sites (tertiary alicyclic amines) is 2. The van der Waals surface area contributed by atoms with Crippen LogP contribution >= 0.6 is 0 Å². The summed E-state index contributed by atoms with van der Waals surface area (Å²) in [5.74, 6) is -0.908. The standard InChI is InChI=1S/C32H48N6O5/c1-20(2)6-11-25(34-22(5)39)31(42)38-19-28(40)29-27(38)12-15-37(29)32(43)26(18-21(3)4)35-30(41)23-7-9-24(10-8-23)36-16-13-33-14-17-36/h7-10,20-21,25-27,29,33H,6,11-19H2,1-5H3,(H,34,39)(H,35,41). The van der Waals surface area contributed by atoms with E-state index in [1.165, 1.54) is 6.92 Å². The molecule has 11 heteroatoms. The maximum atomic E-state index is 13.9. The number of piperazine rings is 1. The van der Waals surface area contributed by atoms with Crippen molar-refractivity contribution in [2.75, 3.05) is 44.2 Å². The number of nitrogens with zero attached hydrogens (tertiary/aromatic N) is 3. The first kappa shape index (κ1) is 32.4. The summed E-state index contributed by atoms with van der Waals surface area (Å²) in [5, 5.41) is 9.04. The predicted molar refractivity (Wildman–Crippen MR) is 165 cm³/mol. The number of carbonyl (C=O) groups excluding carboxylic acids is 5. The van der Waals surface area contributed by atoms with Crippen molar-refractivity contribution >= 4 is 35.1 Å².